The fraction of sp³-hybridized carbons (Fsp3) is 0.222. The summed E-state index contributed by atoms with van der Waals surface area (Å²) in [5, 5.41) is 16.9. The number of nitrogens with one attached hydrogen (secondary N) is 1. The van der Waals surface area contributed by atoms with Crippen LogP contribution in [0, 0.1) is 0 Å². The third-order valence-electron chi connectivity index (χ3n) is 1.99. The van der Waals surface area contributed by atoms with Crippen molar-refractivity contribution in [3.05, 3.63) is 24.0 Å². The Labute approximate surface area is 85.5 Å². The molecular weight excluding hydrogens is 196 g/mol. The van der Waals surface area contributed by atoms with Gasteiger partial charge in [-0.15, -0.1) is 5.10 Å². The summed E-state index contributed by atoms with van der Waals surface area (Å²) >= 11 is 0. The summed E-state index contributed by atoms with van der Waals surface area (Å²) in [5.41, 5.74) is 1.00. The van der Waals surface area contributed by atoms with E-state index in [1.165, 1.54) is 4.80 Å². The molecule has 2 heterocycles. The van der Waals surface area contributed by atoms with Crippen LogP contribution in [0.25, 0.3) is 11.4 Å². The number of H-pyrrole nitrogens is 1. The molecule has 0 aliphatic carbocycles. The van der Waals surface area contributed by atoms with Crippen molar-refractivity contribution in [1.29, 1.82) is 0 Å². The van der Waals surface area contributed by atoms with Gasteiger partial charge in [0.05, 0.1) is 12.2 Å². The van der Waals surface area contributed by atoms with Crippen molar-refractivity contribution >= 4 is 5.97 Å². The molecule has 0 fully saturated rings. The molecule has 6 nitrogen and oxygen atoms in total. The van der Waals surface area contributed by atoms with Gasteiger partial charge >= 0.3 is 5.97 Å². The predicted molar refractivity (Wildman–Crippen MR) is 52.4 cm³/mol. The molecule has 2 rings (SSSR count). The van der Waals surface area contributed by atoms with Gasteiger partial charge in [0, 0.05) is 6.20 Å². The first-order chi connectivity index (χ1) is 7.22. The van der Waals surface area contributed by atoms with E-state index in [9.17, 15) is 4.79 Å². The molecule has 0 unspecified atom stereocenters. The van der Waals surface area contributed by atoms with Crippen LogP contribution in [0.1, 0.15) is 17.4 Å². The van der Waals surface area contributed by atoms with E-state index < -0.39 is 5.97 Å². The number of aromatic nitrogens is 4. The number of carboxylic acids is 1. The van der Waals surface area contributed by atoms with Crippen molar-refractivity contribution in [2.45, 2.75) is 13.5 Å². The summed E-state index contributed by atoms with van der Waals surface area (Å²) in [6.45, 7) is 2.39. The molecule has 0 bridgehead atoms. The molecule has 2 N–H and O–H groups in total. The lowest BCUT2D eigenvalue weighted by Crippen LogP contribution is -2.02. The predicted octanol–water partition coefficient (Wildman–Crippen LogP) is 0.991. The number of aryl methyl sites for hydroxylation is 1. The highest BCUT2D eigenvalue weighted by molar-refractivity contribution is 5.91. The Balaban J connectivity index is 2.54. The Bertz CT molecular complexity index is 472. The fourth-order valence-corrected chi connectivity index (χ4v) is 1.29. The average Bonchev–Trinajstić information content (AvgIpc) is 2.86. The van der Waals surface area contributed by atoms with Gasteiger partial charge in [-0.2, -0.15) is 9.90 Å². The van der Waals surface area contributed by atoms with Gasteiger partial charge in [-0.05, 0) is 19.1 Å². The van der Waals surface area contributed by atoms with E-state index in [2.05, 4.69) is 15.2 Å². The molecule has 15 heavy (non-hydrogen) atoms. The number of hydrogen-bond donors (Lipinski definition) is 2. The quantitative estimate of drug-likeness (QED) is 0.784. The van der Waals surface area contributed by atoms with Crippen LogP contribution in [0.2, 0.25) is 0 Å². The van der Waals surface area contributed by atoms with Crippen LogP contribution < -0.4 is 0 Å². The maximum atomic E-state index is 10.9. The molecule has 0 aliphatic rings. The summed E-state index contributed by atoms with van der Waals surface area (Å²) in [6.07, 6.45) is 1.71. The van der Waals surface area contributed by atoms with E-state index in [-0.39, 0.29) is 5.69 Å². The van der Waals surface area contributed by atoms with Gasteiger partial charge in [-0.1, -0.05) is 0 Å². The average molecular weight is 206 g/mol. The Morgan fingerprint density at radius 1 is 1.60 bits per heavy atom. The minimum atomic E-state index is -1.07. The highest BCUT2D eigenvalue weighted by atomic mass is 16.4. The van der Waals surface area contributed by atoms with Crippen LogP contribution in [0.4, 0.5) is 0 Å². The maximum Gasteiger partial charge on any atom is 0.358 e. The molecular formula is C9H10N4O2. The Morgan fingerprint density at radius 2 is 2.40 bits per heavy atom. The Hall–Kier alpha value is -2.11. The zero-order valence-electron chi connectivity index (χ0n) is 8.14. The fourth-order valence-electron chi connectivity index (χ4n) is 1.29. The Kier molecular flexibility index (Phi) is 2.24. The first-order valence-corrected chi connectivity index (χ1v) is 4.54. The van der Waals surface area contributed by atoms with Crippen molar-refractivity contribution in [3.8, 4) is 11.4 Å². The van der Waals surface area contributed by atoms with E-state index in [0.29, 0.717) is 17.9 Å². The molecule has 0 saturated heterocycles. The number of hydrogen-bond acceptors (Lipinski definition) is 3. The summed E-state index contributed by atoms with van der Waals surface area (Å²) in [7, 11) is 0. The van der Waals surface area contributed by atoms with E-state index in [1.807, 2.05) is 6.92 Å². The molecule has 2 aromatic heterocycles. The topological polar surface area (TPSA) is 83.8 Å². The largest absolute Gasteiger partial charge is 0.476 e. The van der Waals surface area contributed by atoms with Crippen molar-refractivity contribution in [1.82, 2.24) is 20.0 Å². The summed E-state index contributed by atoms with van der Waals surface area (Å²) < 4.78 is 0. The molecule has 2 aromatic rings. The van der Waals surface area contributed by atoms with Crippen LogP contribution in [0.5, 0.6) is 0 Å². The maximum absolute atomic E-state index is 10.9. The van der Waals surface area contributed by atoms with E-state index in [1.54, 1.807) is 18.3 Å². The standard InChI is InChI=1S/C9H10N4O2/c1-2-13-11-7(6-4-3-5-10-6)8(12-13)9(14)15/h3-5,10H,2H2,1H3,(H,14,15). The van der Waals surface area contributed by atoms with Crippen LogP contribution in [-0.2, 0) is 6.54 Å². The molecule has 0 spiro atoms. The van der Waals surface area contributed by atoms with Crippen LogP contribution in [-0.4, -0.2) is 31.1 Å². The normalized spacial score (nSPS) is 10.5. The monoisotopic (exact) mass is 206 g/mol. The van der Waals surface area contributed by atoms with Crippen molar-refractivity contribution < 1.29 is 9.90 Å². The van der Waals surface area contributed by atoms with Crippen LogP contribution in [0.3, 0.4) is 0 Å². The molecule has 78 valence electrons. The lowest BCUT2D eigenvalue weighted by Gasteiger charge is -1.91. The minimum absolute atomic E-state index is 0.0284. The van der Waals surface area contributed by atoms with Crippen molar-refractivity contribution in [2.24, 2.45) is 0 Å². The molecule has 0 radical (unpaired) electrons. The third kappa shape index (κ3) is 1.61. The number of rotatable bonds is 3. The van der Waals surface area contributed by atoms with Gasteiger partial charge in [0.2, 0.25) is 0 Å². The minimum Gasteiger partial charge on any atom is -0.476 e. The van der Waals surface area contributed by atoms with Gasteiger partial charge in [-0.3, -0.25) is 0 Å². The molecule has 0 amide bonds. The zero-order chi connectivity index (χ0) is 10.8. The first kappa shape index (κ1) is 9.45. The number of aromatic amines is 1. The van der Waals surface area contributed by atoms with Gasteiger partial charge in [0.25, 0.3) is 0 Å². The van der Waals surface area contributed by atoms with Gasteiger partial charge < -0.3 is 10.1 Å². The summed E-state index contributed by atoms with van der Waals surface area (Å²) in [5.74, 6) is -1.07. The molecule has 0 saturated carbocycles. The lowest BCUT2D eigenvalue weighted by atomic mass is 10.2. The van der Waals surface area contributed by atoms with Crippen molar-refractivity contribution in [2.75, 3.05) is 0 Å². The molecule has 0 atom stereocenters. The van der Waals surface area contributed by atoms with Gasteiger partial charge in [0.1, 0.15) is 5.69 Å². The van der Waals surface area contributed by atoms with E-state index >= 15 is 0 Å². The van der Waals surface area contributed by atoms with Gasteiger partial charge in [0.15, 0.2) is 5.69 Å². The number of carboxylic acid groups (broad SMARTS) is 1. The van der Waals surface area contributed by atoms with Crippen molar-refractivity contribution in [3.63, 3.8) is 0 Å². The zero-order valence-corrected chi connectivity index (χ0v) is 8.14. The smallest absolute Gasteiger partial charge is 0.358 e. The van der Waals surface area contributed by atoms with Crippen LogP contribution >= 0.6 is 0 Å². The van der Waals surface area contributed by atoms with E-state index in [4.69, 9.17) is 5.11 Å². The number of nitrogens with zero attached hydrogens (tertiary/aromatic N) is 3. The second kappa shape index (κ2) is 3.56. The second-order valence-electron chi connectivity index (χ2n) is 2.97. The molecule has 0 aliphatic heterocycles. The summed E-state index contributed by atoms with van der Waals surface area (Å²) in [4.78, 5) is 15.2. The summed E-state index contributed by atoms with van der Waals surface area (Å²) in [6, 6.07) is 3.54. The highest BCUT2D eigenvalue weighted by Crippen LogP contribution is 2.17. The Morgan fingerprint density at radius 3 is 2.93 bits per heavy atom. The molecule has 6 heteroatoms. The first-order valence-electron chi connectivity index (χ1n) is 4.54. The van der Waals surface area contributed by atoms with Crippen LogP contribution in [0.15, 0.2) is 18.3 Å². The SMILES string of the molecule is CCn1nc(C(=O)O)c(-c2ccc[nH]2)n1. The molecule has 0 aromatic carbocycles. The number of aromatic carboxylic acids is 1. The highest BCUT2D eigenvalue weighted by Gasteiger charge is 2.19. The van der Waals surface area contributed by atoms with E-state index in [0.717, 1.165) is 0 Å². The van der Waals surface area contributed by atoms with Gasteiger partial charge in [-0.25, -0.2) is 4.79 Å². The lowest BCUT2D eigenvalue weighted by molar-refractivity contribution is 0.0690. The number of carbonyl (C=O) groups is 1. The second-order valence-corrected chi connectivity index (χ2v) is 2.97. The third-order valence-corrected chi connectivity index (χ3v) is 1.99.